The van der Waals surface area contributed by atoms with E-state index in [9.17, 15) is 14.4 Å². The monoisotopic (exact) mass is 298 g/mol. The smallest absolute Gasteiger partial charge is 0.342 e. The van der Waals surface area contributed by atoms with Gasteiger partial charge < -0.3 is 5.11 Å². The number of carboxylic acid groups (broad SMARTS) is 1. The molecule has 1 fully saturated rings. The molecule has 0 aliphatic heterocycles. The zero-order chi connectivity index (χ0) is 14.8. The second kappa shape index (κ2) is 5.87. The van der Waals surface area contributed by atoms with Crippen molar-refractivity contribution in [3.8, 4) is 0 Å². The van der Waals surface area contributed by atoms with Crippen LogP contribution in [0.2, 0.25) is 0 Å². The van der Waals surface area contributed by atoms with Gasteiger partial charge in [-0.1, -0.05) is 19.3 Å². The van der Waals surface area contributed by atoms with Crippen LogP contribution >= 0.6 is 11.8 Å². The number of aromatic amines is 1. The van der Waals surface area contributed by atoms with E-state index >= 15 is 0 Å². The minimum absolute atomic E-state index is 0.0455. The minimum Gasteiger partial charge on any atom is -0.477 e. The Balaban J connectivity index is 2.37. The maximum absolute atomic E-state index is 11.9. The van der Waals surface area contributed by atoms with Crippen molar-refractivity contribution in [2.45, 2.75) is 43.4 Å². The molecule has 2 N–H and O–H groups in total. The van der Waals surface area contributed by atoms with Gasteiger partial charge in [0.05, 0.1) is 0 Å². The van der Waals surface area contributed by atoms with Crippen LogP contribution in [0, 0.1) is 0 Å². The van der Waals surface area contributed by atoms with Crippen molar-refractivity contribution in [1.29, 1.82) is 0 Å². The van der Waals surface area contributed by atoms with Gasteiger partial charge >= 0.3 is 11.7 Å². The van der Waals surface area contributed by atoms with Crippen LogP contribution < -0.4 is 11.2 Å². The maximum atomic E-state index is 11.9. The molecule has 0 atom stereocenters. The van der Waals surface area contributed by atoms with Crippen LogP contribution in [0.15, 0.2) is 15.8 Å². The number of hydrogen-bond acceptors (Lipinski definition) is 4. The molecule has 1 aliphatic rings. The molecule has 0 amide bonds. The summed E-state index contributed by atoms with van der Waals surface area (Å²) >= 11 is 1.72. The Hall–Kier alpha value is -1.50. The zero-order valence-corrected chi connectivity index (χ0v) is 12.2. The van der Waals surface area contributed by atoms with E-state index in [0.717, 1.165) is 31.9 Å². The Kier molecular flexibility index (Phi) is 4.37. The molecule has 110 valence electrons. The fourth-order valence-electron chi connectivity index (χ4n) is 2.71. The van der Waals surface area contributed by atoms with Gasteiger partial charge in [0.1, 0.15) is 5.56 Å². The molecular formula is C13H18N2O4S. The second-order valence-electron chi connectivity index (χ2n) is 5.18. The first-order valence-electron chi connectivity index (χ1n) is 6.60. The average molecular weight is 298 g/mol. The fourth-order valence-corrected chi connectivity index (χ4v) is 3.68. The summed E-state index contributed by atoms with van der Waals surface area (Å²) in [5.41, 5.74) is -1.78. The molecule has 0 saturated heterocycles. The van der Waals surface area contributed by atoms with E-state index in [1.807, 2.05) is 6.26 Å². The van der Waals surface area contributed by atoms with Crippen molar-refractivity contribution in [3.05, 3.63) is 32.6 Å². The molecule has 1 aliphatic carbocycles. The summed E-state index contributed by atoms with van der Waals surface area (Å²) in [4.78, 5) is 36.3. The number of nitrogens with zero attached hydrogens (tertiary/aromatic N) is 1. The number of aromatic carboxylic acids is 1. The van der Waals surface area contributed by atoms with Gasteiger partial charge in [-0.2, -0.15) is 11.8 Å². The molecular weight excluding hydrogens is 280 g/mol. The first-order chi connectivity index (χ1) is 9.47. The number of nitrogens with one attached hydrogen (secondary N) is 1. The third-order valence-electron chi connectivity index (χ3n) is 3.90. The van der Waals surface area contributed by atoms with Crippen LogP contribution in [-0.2, 0) is 6.54 Å². The highest BCUT2D eigenvalue weighted by atomic mass is 32.2. The molecule has 0 unspecified atom stereocenters. The molecule has 0 aromatic carbocycles. The lowest BCUT2D eigenvalue weighted by atomic mass is 9.88. The number of thioether (sulfide) groups is 1. The molecule has 2 rings (SSSR count). The van der Waals surface area contributed by atoms with Gasteiger partial charge in [-0.15, -0.1) is 0 Å². The largest absolute Gasteiger partial charge is 0.477 e. The van der Waals surface area contributed by atoms with Crippen LogP contribution in [-0.4, -0.2) is 31.6 Å². The van der Waals surface area contributed by atoms with Crippen molar-refractivity contribution in [1.82, 2.24) is 9.55 Å². The number of rotatable bonds is 4. The maximum Gasteiger partial charge on any atom is 0.342 e. The van der Waals surface area contributed by atoms with Crippen LogP contribution in [0.25, 0.3) is 0 Å². The Bertz CT molecular complexity index is 614. The number of H-pyrrole nitrogens is 1. The summed E-state index contributed by atoms with van der Waals surface area (Å²) < 4.78 is 1.28. The Labute approximate surface area is 120 Å². The van der Waals surface area contributed by atoms with Gasteiger partial charge in [-0.25, -0.2) is 9.59 Å². The molecule has 7 heteroatoms. The van der Waals surface area contributed by atoms with E-state index in [4.69, 9.17) is 5.11 Å². The second-order valence-corrected chi connectivity index (χ2v) is 6.46. The number of carbonyl (C=O) groups is 1. The third kappa shape index (κ3) is 2.98. The van der Waals surface area contributed by atoms with E-state index < -0.39 is 22.8 Å². The van der Waals surface area contributed by atoms with Gasteiger partial charge in [-0.3, -0.25) is 14.3 Å². The first kappa shape index (κ1) is 14.9. The van der Waals surface area contributed by atoms with E-state index in [0.29, 0.717) is 6.54 Å². The lowest BCUT2D eigenvalue weighted by Crippen LogP contribution is -2.40. The highest BCUT2D eigenvalue weighted by Crippen LogP contribution is 2.39. The molecule has 1 aromatic heterocycles. The van der Waals surface area contributed by atoms with Gasteiger partial charge in [0.15, 0.2) is 0 Å². The van der Waals surface area contributed by atoms with Gasteiger partial charge in [-0.05, 0) is 19.1 Å². The molecule has 1 heterocycles. The highest BCUT2D eigenvalue weighted by Gasteiger charge is 2.32. The molecule has 0 bridgehead atoms. The lowest BCUT2D eigenvalue weighted by molar-refractivity contribution is 0.0693. The number of aromatic nitrogens is 2. The van der Waals surface area contributed by atoms with Crippen molar-refractivity contribution in [2.24, 2.45) is 0 Å². The fraction of sp³-hybridized carbons (Fsp3) is 0.615. The molecule has 0 radical (unpaired) electrons. The lowest BCUT2D eigenvalue weighted by Gasteiger charge is -2.36. The number of hydrogen-bond donors (Lipinski definition) is 2. The molecule has 6 nitrogen and oxygen atoms in total. The van der Waals surface area contributed by atoms with Crippen LogP contribution in [0.4, 0.5) is 0 Å². The van der Waals surface area contributed by atoms with E-state index in [1.54, 1.807) is 11.8 Å². The van der Waals surface area contributed by atoms with Crippen molar-refractivity contribution in [2.75, 3.05) is 6.26 Å². The average Bonchev–Trinajstić information content (AvgIpc) is 2.42. The summed E-state index contributed by atoms with van der Waals surface area (Å²) in [6, 6.07) is 0. The van der Waals surface area contributed by atoms with Crippen LogP contribution in [0.5, 0.6) is 0 Å². The molecule has 20 heavy (non-hydrogen) atoms. The van der Waals surface area contributed by atoms with Gasteiger partial charge in [0, 0.05) is 17.5 Å². The summed E-state index contributed by atoms with van der Waals surface area (Å²) in [5, 5.41) is 8.97. The highest BCUT2D eigenvalue weighted by molar-refractivity contribution is 8.00. The Morgan fingerprint density at radius 3 is 2.60 bits per heavy atom. The summed E-state index contributed by atoms with van der Waals surface area (Å²) in [6.45, 7) is 0.435. The topological polar surface area (TPSA) is 92.2 Å². The first-order valence-corrected chi connectivity index (χ1v) is 7.82. The normalized spacial score (nSPS) is 17.9. The van der Waals surface area contributed by atoms with Crippen molar-refractivity contribution < 1.29 is 9.90 Å². The van der Waals surface area contributed by atoms with E-state index in [2.05, 4.69) is 4.98 Å². The van der Waals surface area contributed by atoms with E-state index in [1.165, 1.54) is 11.0 Å². The van der Waals surface area contributed by atoms with E-state index in [-0.39, 0.29) is 4.75 Å². The standard InChI is InChI=1S/C13H18N2O4S/c1-20-13(5-3-2-4-6-13)8-15-7-9(11(17)18)10(16)14-12(15)19/h7H,2-6,8H2,1H3,(H,17,18)(H,14,16,19). The Morgan fingerprint density at radius 1 is 1.40 bits per heavy atom. The summed E-state index contributed by atoms with van der Waals surface area (Å²) in [7, 11) is 0. The van der Waals surface area contributed by atoms with Gasteiger partial charge in [0.25, 0.3) is 5.56 Å². The molecule has 0 spiro atoms. The predicted molar refractivity (Wildman–Crippen MR) is 77.6 cm³/mol. The number of carboxylic acids is 1. The predicted octanol–water partition coefficient (Wildman–Crippen LogP) is 1.30. The van der Waals surface area contributed by atoms with Crippen LogP contribution in [0.1, 0.15) is 42.5 Å². The van der Waals surface area contributed by atoms with Crippen molar-refractivity contribution >= 4 is 17.7 Å². The summed E-state index contributed by atoms with van der Waals surface area (Å²) in [5.74, 6) is -1.32. The van der Waals surface area contributed by atoms with Crippen molar-refractivity contribution in [3.63, 3.8) is 0 Å². The Morgan fingerprint density at radius 2 is 2.05 bits per heavy atom. The van der Waals surface area contributed by atoms with Gasteiger partial charge in [0.2, 0.25) is 0 Å². The zero-order valence-electron chi connectivity index (χ0n) is 11.3. The minimum atomic E-state index is -1.32. The summed E-state index contributed by atoms with van der Waals surface area (Å²) in [6.07, 6.45) is 8.61. The molecule has 1 saturated carbocycles. The third-order valence-corrected chi connectivity index (χ3v) is 5.30. The molecule has 1 aromatic rings. The van der Waals surface area contributed by atoms with Crippen LogP contribution in [0.3, 0.4) is 0 Å². The quantitative estimate of drug-likeness (QED) is 0.874. The SMILES string of the molecule is CSC1(Cn2cc(C(=O)O)c(=O)[nH]c2=O)CCCCC1.